The second-order valence-electron chi connectivity index (χ2n) is 13.8. The molecule has 1 heterocycles. The minimum Gasteiger partial charge on any atom is -0.341 e. The Labute approximate surface area is 267 Å². The molecule has 6 nitrogen and oxygen atoms in total. The summed E-state index contributed by atoms with van der Waals surface area (Å²) in [5, 5.41) is 0. The lowest BCUT2D eigenvalue weighted by atomic mass is 10.0. The highest BCUT2D eigenvalue weighted by molar-refractivity contribution is 5.90. The third-order valence-electron chi connectivity index (χ3n) is 9.49. The summed E-state index contributed by atoms with van der Waals surface area (Å²) in [5.41, 5.74) is 12.0. The van der Waals surface area contributed by atoms with Crippen molar-refractivity contribution in [1.29, 1.82) is 0 Å². The van der Waals surface area contributed by atoms with Gasteiger partial charge in [-0.05, 0) is 44.6 Å². The van der Waals surface area contributed by atoms with Crippen LogP contribution in [0.3, 0.4) is 0 Å². The molecule has 1 rings (SSSR count). The van der Waals surface area contributed by atoms with Crippen molar-refractivity contribution in [3.05, 3.63) is 0 Å². The van der Waals surface area contributed by atoms with Gasteiger partial charge in [0, 0.05) is 19.6 Å². The predicted molar refractivity (Wildman–Crippen MR) is 185 cm³/mol. The first-order valence-electron chi connectivity index (χ1n) is 19.0. The zero-order valence-electron chi connectivity index (χ0n) is 29.1. The van der Waals surface area contributed by atoms with Crippen LogP contribution >= 0.6 is 0 Å². The highest BCUT2D eigenvalue weighted by Gasteiger charge is 2.40. The van der Waals surface area contributed by atoms with Gasteiger partial charge in [0.15, 0.2) is 0 Å². The van der Waals surface area contributed by atoms with Crippen LogP contribution in [0.25, 0.3) is 0 Å². The normalized spacial score (nSPS) is 17.5. The van der Waals surface area contributed by atoms with Gasteiger partial charge in [-0.3, -0.25) is 9.59 Å². The Morgan fingerprint density at radius 3 is 1.51 bits per heavy atom. The molecule has 0 aromatic carbocycles. The number of nitrogens with two attached hydrogens (primary N) is 2. The molecule has 254 valence electrons. The topological polar surface area (TPSA) is 92.7 Å². The van der Waals surface area contributed by atoms with Crippen molar-refractivity contribution >= 4 is 11.8 Å². The number of hydrogen-bond acceptors (Lipinski definition) is 4. The van der Waals surface area contributed by atoms with Crippen LogP contribution in [0.1, 0.15) is 181 Å². The molecule has 0 spiro atoms. The molecule has 0 aromatic rings. The Morgan fingerprint density at radius 1 is 0.674 bits per heavy atom. The largest absolute Gasteiger partial charge is 0.341 e. The van der Waals surface area contributed by atoms with E-state index in [4.69, 9.17) is 11.5 Å². The standard InChI is InChI=1S/C37H74N4O2/c1-4-6-8-10-12-14-16-18-20-22-26-30-40(29-25-21-19-17-15-13-11-9-7-5-2)37(43)35-31-33(3)32-41(35)36(42)34(39)27-23-24-28-38/h33-35H,4-32,38-39H2,1-3H3/t33-,34+,35-/m0/s1. The van der Waals surface area contributed by atoms with Gasteiger partial charge in [-0.15, -0.1) is 0 Å². The SMILES string of the molecule is CCCCCCCCCCCCCN(CCCCCCCCCCCC)C(=O)[C@@H]1C[C@H](C)CN1C(=O)[C@H](N)CCCCN. The fourth-order valence-electron chi connectivity index (χ4n) is 6.67. The quantitative estimate of drug-likeness (QED) is 0.0833. The second kappa shape index (κ2) is 27.2. The zero-order valence-corrected chi connectivity index (χ0v) is 29.1. The first-order valence-corrected chi connectivity index (χ1v) is 19.0. The summed E-state index contributed by atoms with van der Waals surface area (Å²) in [6.07, 6.45) is 30.5. The van der Waals surface area contributed by atoms with Gasteiger partial charge in [0.2, 0.25) is 11.8 Å². The van der Waals surface area contributed by atoms with Crippen molar-refractivity contribution in [2.75, 3.05) is 26.2 Å². The van der Waals surface area contributed by atoms with E-state index in [0.29, 0.717) is 25.4 Å². The van der Waals surface area contributed by atoms with E-state index in [1.165, 1.54) is 122 Å². The molecule has 0 aromatic heterocycles. The van der Waals surface area contributed by atoms with Crippen LogP contribution in [-0.2, 0) is 9.59 Å². The number of unbranched alkanes of at least 4 members (excludes halogenated alkanes) is 20. The smallest absolute Gasteiger partial charge is 0.245 e. The van der Waals surface area contributed by atoms with Crippen molar-refractivity contribution in [3.8, 4) is 0 Å². The Morgan fingerprint density at radius 2 is 1.09 bits per heavy atom. The van der Waals surface area contributed by atoms with Crippen LogP contribution in [0.5, 0.6) is 0 Å². The summed E-state index contributed by atoms with van der Waals surface area (Å²) in [7, 11) is 0. The number of amides is 2. The molecular formula is C37H74N4O2. The molecule has 43 heavy (non-hydrogen) atoms. The number of likely N-dealkylation sites (tertiary alicyclic amines) is 1. The molecule has 0 unspecified atom stereocenters. The number of nitrogens with zero attached hydrogens (tertiary/aromatic N) is 2. The second-order valence-corrected chi connectivity index (χ2v) is 13.8. The summed E-state index contributed by atoms with van der Waals surface area (Å²) < 4.78 is 0. The van der Waals surface area contributed by atoms with Gasteiger partial charge >= 0.3 is 0 Å². The van der Waals surface area contributed by atoms with E-state index < -0.39 is 6.04 Å². The molecule has 3 atom stereocenters. The third-order valence-corrected chi connectivity index (χ3v) is 9.49. The third kappa shape index (κ3) is 19.1. The lowest BCUT2D eigenvalue weighted by Crippen LogP contribution is -2.52. The molecule has 0 aliphatic carbocycles. The van der Waals surface area contributed by atoms with Crippen molar-refractivity contribution in [3.63, 3.8) is 0 Å². The summed E-state index contributed by atoms with van der Waals surface area (Å²) in [6, 6.07) is -0.881. The molecule has 1 aliphatic rings. The molecule has 1 fully saturated rings. The maximum Gasteiger partial charge on any atom is 0.245 e. The highest BCUT2D eigenvalue weighted by atomic mass is 16.2. The number of carbonyl (C=O) groups excluding carboxylic acids is 2. The summed E-state index contributed by atoms with van der Waals surface area (Å²) >= 11 is 0. The van der Waals surface area contributed by atoms with E-state index in [2.05, 4.69) is 25.7 Å². The van der Waals surface area contributed by atoms with E-state index >= 15 is 0 Å². The van der Waals surface area contributed by atoms with Crippen LogP contribution in [0.2, 0.25) is 0 Å². The maximum absolute atomic E-state index is 14.0. The molecule has 2 amide bonds. The molecule has 0 bridgehead atoms. The van der Waals surface area contributed by atoms with Crippen LogP contribution in [0.15, 0.2) is 0 Å². The highest BCUT2D eigenvalue weighted by Crippen LogP contribution is 2.26. The van der Waals surface area contributed by atoms with Gasteiger partial charge in [0.05, 0.1) is 6.04 Å². The fourth-order valence-corrected chi connectivity index (χ4v) is 6.67. The van der Waals surface area contributed by atoms with Crippen molar-refractivity contribution in [2.45, 2.75) is 193 Å². The van der Waals surface area contributed by atoms with Crippen LogP contribution in [0, 0.1) is 5.92 Å². The lowest BCUT2D eigenvalue weighted by Gasteiger charge is -2.32. The molecule has 6 heteroatoms. The van der Waals surface area contributed by atoms with E-state index in [0.717, 1.165) is 45.2 Å². The van der Waals surface area contributed by atoms with Crippen molar-refractivity contribution < 1.29 is 9.59 Å². The van der Waals surface area contributed by atoms with E-state index in [1.54, 1.807) is 0 Å². The van der Waals surface area contributed by atoms with Crippen molar-refractivity contribution in [1.82, 2.24) is 9.80 Å². The van der Waals surface area contributed by atoms with Crippen molar-refractivity contribution in [2.24, 2.45) is 17.4 Å². The molecular weight excluding hydrogens is 532 g/mol. The number of rotatable bonds is 29. The van der Waals surface area contributed by atoms with E-state index in [9.17, 15) is 9.59 Å². The maximum atomic E-state index is 14.0. The van der Waals surface area contributed by atoms with Gasteiger partial charge in [0.25, 0.3) is 0 Å². The first-order chi connectivity index (χ1) is 21.0. The van der Waals surface area contributed by atoms with Crippen LogP contribution < -0.4 is 11.5 Å². The molecule has 1 saturated heterocycles. The number of hydrogen-bond donors (Lipinski definition) is 2. The fraction of sp³-hybridized carbons (Fsp3) is 0.946. The predicted octanol–water partition coefficient (Wildman–Crippen LogP) is 8.74. The van der Waals surface area contributed by atoms with Crippen LogP contribution in [0.4, 0.5) is 0 Å². The Balaban J connectivity index is 2.57. The Hall–Kier alpha value is -1.14. The van der Waals surface area contributed by atoms with E-state index in [1.807, 2.05) is 4.90 Å². The molecule has 0 radical (unpaired) electrons. The Kier molecular flexibility index (Phi) is 25.2. The summed E-state index contributed by atoms with van der Waals surface area (Å²) in [6.45, 7) is 9.61. The van der Waals surface area contributed by atoms with Gasteiger partial charge in [0.1, 0.15) is 6.04 Å². The lowest BCUT2D eigenvalue weighted by molar-refractivity contribution is -0.144. The number of carbonyl (C=O) groups is 2. The summed E-state index contributed by atoms with van der Waals surface area (Å²) in [4.78, 5) is 31.2. The van der Waals surface area contributed by atoms with Gasteiger partial charge in [-0.2, -0.15) is 0 Å². The molecule has 0 saturated carbocycles. The van der Waals surface area contributed by atoms with Crippen LogP contribution in [-0.4, -0.2) is 59.9 Å². The van der Waals surface area contributed by atoms with E-state index in [-0.39, 0.29) is 17.9 Å². The minimum absolute atomic E-state index is 0.0479. The van der Waals surface area contributed by atoms with Gasteiger partial charge in [-0.25, -0.2) is 0 Å². The average Bonchev–Trinajstić information content (AvgIpc) is 3.40. The summed E-state index contributed by atoms with van der Waals surface area (Å²) in [5.74, 6) is 0.443. The minimum atomic E-state index is -0.533. The van der Waals surface area contributed by atoms with Gasteiger partial charge < -0.3 is 21.3 Å². The molecule has 1 aliphatic heterocycles. The van der Waals surface area contributed by atoms with Gasteiger partial charge in [-0.1, -0.05) is 149 Å². The zero-order chi connectivity index (χ0) is 31.5. The monoisotopic (exact) mass is 607 g/mol. The average molecular weight is 607 g/mol. The Bertz CT molecular complexity index is 673. The molecule has 4 N–H and O–H groups in total. The first kappa shape index (κ1) is 39.9.